The fraction of sp³-hybridized carbons (Fsp3) is 0.273. The number of benzene rings is 1. The van der Waals surface area contributed by atoms with Crippen LogP contribution in [0.3, 0.4) is 0 Å². The lowest BCUT2D eigenvalue weighted by atomic mass is 10.2. The molecule has 19 heavy (non-hydrogen) atoms. The highest BCUT2D eigenvalue weighted by atomic mass is 36.0. The lowest BCUT2D eigenvalue weighted by Crippen LogP contribution is -2.03. The predicted octanol–water partition coefficient (Wildman–Crippen LogP) is 4.04. The largest absolute Gasteiger partial charge is 0.274 e. The third kappa shape index (κ3) is 4.45. The SMILES string of the molecule is CC(C)n1nc(C(=O)Cl)c2ccccc21.O=S(Cl)Cl. The summed E-state index contributed by atoms with van der Waals surface area (Å²) >= 11 is 5.49. The quantitative estimate of drug-likeness (QED) is 0.775. The second-order valence-electron chi connectivity index (χ2n) is 3.86. The normalized spacial score (nSPS) is 10.7. The van der Waals surface area contributed by atoms with Gasteiger partial charge in [0, 0.05) is 32.8 Å². The topological polar surface area (TPSA) is 52.0 Å². The Hall–Kier alpha value is -0.620. The molecule has 0 aliphatic heterocycles. The summed E-state index contributed by atoms with van der Waals surface area (Å²) in [6.45, 7) is 4.03. The number of fused-ring (bicyclic) bond motifs is 1. The van der Waals surface area contributed by atoms with E-state index in [9.17, 15) is 4.79 Å². The van der Waals surface area contributed by atoms with E-state index in [0.717, 1.165) is 10.9 Å². The number of carbonyl (C=O) groups is 1. The van der Waals surface area contributed by atoms with Crippen molar-refractivity contribution in [2.45, 2.75) is 19.9 Å². The molecule has 2 rings (SSSR count). The fourth-order valence-electron chi connectivity index (χ4n) is 1.63. The molecule has 0 fully saturated rings. The zero-order chi connectivity index (χ0) is 14.6. The number of hydrogen-bond donors (Lipinski definition) is 0. The molecule has 0 aliphatic carbocycles. The molecule has 0 amide bonds. The van der Waals surface area contributed by atoms with Crippen molar-refractivity contribution in [1.82, 2.24) is 9.78 Å². The first-order chi connectivity index (χ1) is 8.84. The van der Waals surface area contributed by atoms with Crippen molar-refractivity contribution < 1.29 is 9.00 Å². The Morgan fingerprint density at radius 3 is 2.32 bits per heavy atom. The Bertz CT molecular complexity index is 609. The van der Waals surface area contributed by atoms with Gasteiger partial charge in [0.15, 0.2) is 5.69 Å². The lowest BCUT2D eigenvalue weighted by molar-refractivity contribution is 0.107. The molecule has 1 heterocycles. The second-order valence-corrected chi connectivity index (χ2v) is 6.73. The third-order valence-electron chi connectivity index (χ3n) is 2.29. The van der Waals surface area contributed by atoms with Crippen LogP contribution in [0.4, 0.5) is 0 Å². The molecule has 0 spiro atoms. The molecule has 0 unspecified atom stereocenters. The first-order valence-corrected chi connectivity index (χ1v) is 8.44. The van der Waals surface area contributed by atoms with Gasteiger partial charge >= 0.3 is 0 Å². The van der Waals surface area contributed by atoms with Crippen LogP contribution < -0.4 is 0 Å². The molecular weight excluding hydrogens is 331 g/mol. The summed E-state index contributed by atoms with van der Waals surface area (Å²) < 4.78 is 10.9. The Morgan fingerprint density at radius 1 is 1.32 bits per heavy atom. The Morgan fingerprint density at radius 2 is 1.84 bits per heavy atom. The molecule has 104 valence electrons. The number of rotatable bonds is 2. The van der Waals surface area contributed by atoms with Crippen molar-refractivity contribution >= 4 is 58.3 Å². The fourth-order valence-corrected chi connectivity index (χ4v) is 1.77. The van der Waals surface area contributed by atoms with Crippen LogP contribution in [0.25, 0.3) is 10.9 Å². The molecule has 2 aromatic rings. The van der Waals surface area contributed by atoms with Crippen LogP contribution in [0.1, 0.15) is 30.4 Å². The molecule has 0 aliphatic rings. The standard InChI is InChI=1S/C11H11ClN2O.Cl2OS/c1-7(2)14-9-6-4-3-5-8(9)10(13-14)11(12)15;1-4(2)3/h3-7H,1-2H3;. The molecule has 0 bridgehead atoms. The molecule has 8 heteroatoms. The molecule has 1 aromatic heterocycles. The molecule has 1 aromatic carbocycles. The lowest BCUT2D eigenvalue weighted by Gasteiger charge is -2.05. The highest BCUT2D eigenvalue weighted by Crippen LogP contribution is 2.22. The smallest absolute Gasteiger partial charge is 0.273 e. The molecular formula is C11H11Cl3N2O2S. The average Bonchev–Trinajstić information content (AvgIpc) is 2.67. The third-order valence-corrected chi connectivity index (χ3v) is 2.47. The zero-order valence-electron chi connectivity index (χ0n) is 10.1. The Balaban J connectivity index is 0.000000399. The van der Waals surface area contributed by atoms with Crippen LogP contribution in [-0.2, 0) is 9.23 Å². The summed E-state index contributed by atoms with van der Waals surface area (Å²) in [6, 6.07) is 7.80. The highest BCUT2D eigenvalue weighted by molar-refractivity contribution is 8.26. The van der Waals surface area contributed by atoms with Gasteiger partial charge in [0.1, 0.15) is 0 Å². The number of carbonyl (C=O) groups excluding carboxylic acids is 1. The maximum absolute atomic E-state index is 11.2. The van der Waals surface area contributed by atoms with Crippen LogP contribution in [0, 0.1) is 0 Å². The van der Waals surface area contributed by atoms with E-state index in [0.29, 0.717) is 5.69 Å². The maximum atomic E-state index is 11.2. The van der Waals surface area contributed by atoms with Gasteiger partial charge < -0.3 is 0 Å². The van der Waals surface area contributed by atoms with E-state index >= 15 is 0 Å². The Kier molecular flexibility index (Phi) is 6.26. The van der Waals surface area contributed by atoms with Crippen molar-refractivity contribution in [1.29, 1.82) is 0 Å². The summed E-state index contributed by atoms with van der Waals surface area (Å²) in [4.78, 5) is 11.2. The molecule has 0 saturated carbocycles. The molecule has 0 N–H and O–H groups in total. The van der Waals surface area contributed by atoms with Gasteiger partial charge in [-0.1, -0.05) is 18.2 Å². The van der Waals surface area contributed by atoms with E-state index in [2.05, 4.69) is 26.5 Å². The van der Waals surface area contributed by atoms with Crippen LogP contribution in [0.2, 0.25) is 0 Å². The van der Waals surface area contributed by atoms with Crippen molar-refractivity contribution in [2.75, 3.05) is 0 Å². The minimum Gasteiger partial charge on any atom is -0.274 e. The van der Waals surface area contributed by atoms with E-state index in [1.165, 1.54) is 0 Å². The molecule has 0 radical (unpaired) electrons. The Labute approximate surface area is 127 Å². The van der Waals surface area contributed by atoms with E-state index in [4.69, 9.17) is 15.8 Å². The van der Waals surface area contributed by atoms with Crippen LogP contribution in [-0.4, -0.2) is 19.2 Å². The van der Waals surface area contributed by atoms with Crippen molar-refractivity contribution in [3.63, 3.8) is 0 Å². The average molecular weight is 342 g/mol. The van der Waals surface area contributed by atoms with Gasteiger partial charge in [-0.15, -0.1) is 0 Å². The van der Waals surface area contributed by atoms with Gasteiger partial charge in [0.2, 0.25) is 9.23 Å². The van der Waals surface area contributed by atoms with Gasteiger partial charge in [-0.3, -0.25) is 9.48 Å². The second kappa shape index (κ2) is 7.24. The first-order valence-electron chi connectivity index (χ1n) is 5.26. The first kappa shape index (κ1) is 16.4. The summed E-state index contributed by atoms with van der Waals surface area (Å²) in [6.07, 6.45) is 0. The van der Waals surface area contributed by atoms with Crippen LogP contribution >= 0.6 is 33.0 Å². The monoisotopic (exact) mass is 340 g/mol. The molecule has 0 saturated heterocycles. The van der Waals surface area contributed by atoms with E-state index in [-0.39, 0.29) is 6.04 Å². The van der Waals surface area contributed by atoms with Gasteiger partial charge in [0.05, 0.1) is 5.52 Å². The van der Waals surface area contributed by atoms with Crippen molar-refractivity contribution in [3.05, 3.63) is 30.0 Å². The minimum absolute atomic E-state index is 0.208. The van der Waals surface area contributed by atoms with E-state index < -0.39 is 14.5 Å². The van der Waals surface area contributed by atoms with Gasteiger partial charge in [-0.05, 0) is 31.5 Å². The van der Waals surface area contributed by atoms with E-state index in [1.54, 1.807) is 0 Å². The summed E-state index contributed by atoms with van der Waals surface area (Å²) in [5.74, 6) is 0. The number of hydrogen-bond acceptors (Lipinski definition) is 3. The minimum atomic E-state index is -1.67. The van der Waals surface area contributed by atoms with Gasteiger partial charge in [-0.2, -0.15) is 5.10 Å². The van der Waals surface area contributed by atoms with Gasteiger partial charge in [-0.25, -0.2) is 4.21 Å². The predicted molar refractivity (Wildman–Crippen MR) is 80.1 cm³/mol. The van der Waals surface area contributed by atoms with Crippen molar-refractivity contribution in [2.24, 2.45) is 0 Å². The summed E-state index contributed by atoms with van der Waals surface area (Å²) in [5.41, 5.74) is 1.28. The number of halogens is 3. The highest BCUT2D eigenvalue weighted by Gasteiger charge is 2.15. The molecule has 0 atom stereocenters. The number of aromatic nitrogens is 2. The summed E-state index contributed by atoms with van der Waals surface area (Å²) in [7, 11) is 7.36. The summed E-state index contributed by atoms with van der Waals surface area (Å²) in [5, 5.41) is 4.53. The van der Waals surface area contributed by atoms with Gasteiger partial charge in [0.25, 0.3) is 5.24 Å². The maximum Gasteiger partial charge on any atom is 0.273 e. The van der Waals surface area contributed by atoms with E-state index in [1.807, 2.05) is 42.8 Å². The molecule has 4 nitrogen and oxygen atoms in total. The van der Waals surface area contributed by atoms with Crippen molar-refractivity contribution in [3.8, 4) is 0 Å². The number of para-hydroxylation sites is 1. The number of nitrogens with zero attached hydrogens (tertiary/aromatic N) is 2. The zero-order valence-corrected chi connectivity index (χ0v) is 13.2. The van der Waals surface area contributed by atoms with Crippen LogP contribution in [0.15, 0.2) is 24.3 Å². The van der Waals surface area contributed by atoms with Crippen LogP contribution in [0.5, 0.6) is 0 Å².